The number of hydrogen-bond donors (Lipinski definition) is 1. The summed E-state index contributed by atoms with van der Waals surface area (Å²) in [6.45, 7) is 6.77. The van der Waals surface area contributed by atoms with Crippen LogP contribution in [0.1, 0.15) is 11.1 Å². The first-order valence-corrected chi connectivity index (χ1v) is 6.73. The SMILES string of the molecule is Cc1cnccc1CNCC(=O)N1CCN(C)CC1. The predicted molar refractivity (Wildman–Crippen MR) is 74.8 cm³/mol. The van der Waals surface area contributed by atoms with Crippen molar-refractivity contribution in [2.75, 3.05) is 39.8 Å². The number of aryl methyl sites for hydroxylation is 1. The van der Waals surface area contributed by atoms with Gasteiger partial charge in [0.2, 0.25) is 5.91 Å². The van der Waals surface area contributed by atoms with Crippen molar-refractivity contribution in [1.82, 2.24) is 20.1 Å². The lowest BCUT2D eigenvalue weighted by Crippen LogP contribution is -2.49. The minimum Gasteiger partial charge on any atom is -0.339 e. The second kappa shape index (κ2) is 6.63. The highest BCUT2D eigenvalue weighted by Gasteiger charge is 2.18. The van der Waals surface area contributed by atoms with E-state index in [2.05, 4.69) is 22.2 Å². The lowest BCUT2D eigenvalue weighted by atomic mass is 10.1. The smallest absolute Gasteiger partial charge is 0.236 e. The molecule has 5 heteroatoms. The van der Waals surface area contributed by atoms with Crippen LogP contribution in [0.15, 0.2) is 18.5 Å². The molecule has 0 aliphatic carbocycles. The number of aromatic nitrogens is 1. The average molecular weight is 262 g/mol. The third-order valence-electron chi connectivity index (χ3n) is 3.58. The number of likely N-dealkylation sites (N-methyl/N-ethyl adjacent to an activating group) is 1. The van der Waals surface area contributed by atoms with Crippen LogP contribution >= 0.6 is 0 Å². The summed E-state index contributed by atoms with van der Waals surface area (Å²) in [5.74, 6) is 0.194. The molecule has 0 radical (unpaired) electrons. The van der Waals surface area contributed by atoms with E-state index in [9.17, 15) is 4.79 Å². The fourth-order valence-electron chi connectivity index (χ4n) is 2.17. The van der Waals surface area contributed by atoms with Crippen LogP contribution in [0.2, 0.25) is 0 Å². The average Bonchev–Trinajstić information content (AvgIpc) is 2.41. The first kappa shape index (κ1) is 14.0. The van der Waals surface area contributed by atoms with E-state index in [0.29, 0.717) is 13.1 Å². The Kier molecular flexibility index (Phi) is 4.87. The molecule has 104 valence electrons. The molecular formula is C14H22N4O. The van der Waals surface area contributed by atoms with Gasteiger partial charge in [-0.05, 0) is 31.2 Å². The first-order valence-electron chi connectivity index (χ1n) is 6.73. The molecular weight excluding hydrogens is 240 g/mol. The van der Waals surface area contributed by atoms with Gasteiger partial charge in [0.05, 0.1) is 6.54 Å². The summed E-state index contributed by atoms with van der Waals surface area (Å²) in [5.41, 5.74) is 2.35. The van der Waals surface area contributed by atoms with Crippen molar-refractivity contribution in [1.29, 1.82) is 0 Å². The molecule has 0 aromatic carbocycles. The van der Waals surface area contributed by atoms with Crippen LogP contribution in [0.25, 0.3) is 0 Å². The number of rotatable bonds is 4. The maximum Gasteiger partial charge on any atom is 0.236 e. The van der Waals surface area contributed by atoms with Crippen molar-refractivity contribution in [2.24, 2.45) is 0 Å². The van der Waals surface area contributed by atoms with Crippen LogP contribution < -0.4 is 5.32 Å². The van der Waals surface area contributed by atoms with Gasteiger partial charge in [-0.25, -0.2) is 0 Å². The van der Waals surface area contributed by atoms with Crippen molar-refractivity contribution >= 4 is 5.91 Å². The summed E-state index contributed by atoms with van der Waals surface area (Å²) in [6.07, 6.45) is 3.63. The third-order valence-corrected chi connectivity index (χ3v) is 3.58. The van der Waals surface area contributed by atoms with Crippen LogP contribution in [0, 0.1) is 6.92 Å². The lowest BCUT2D eigenvalue weighted by Gasteiger charge is -2.32. The summed E-state index contributed by atoms with van der Waals surface area (Å²) in [7, 11) is 2.09. The summed E-state index contributed by atoms with van der Waals surface area (Å²) in [5, 5.41) is 3.22. The molecule has 1 saturated heterocycles. The minimum atomic E-state index is 0.194. The maximum atomic E-state index is 12.0. The molecule has 1 aliphatic rings. The molecule has 2 rings (SSSR count). The van der Waals surface area contributed by atoms with E-state index in [4.69, 9.17) is 0 Å². The molecule has 1 aromatic heterocycles. The standard InChI is InChI=1S/C14H22N4O/c1-12-9-15-4-3-13(12)10-16-11-14(19)18-7-5-17(2)6-8-18/h3-4,9,16H,5-8,10-11H2,1-2H3. The predicted octanol–water partition coefficient (Wildman–Crippen LogP) is 0.254. The molecule has 19 heavy (non-hydrogen) atoms. The summed E-state index contributed by atoms with van der Waals surface area (Å²) in [6, 6.07) is 1.99. The normalized spacial score (nSPS) is 16.6. The van der Waals surface area contributed by atoms with E-state index in [1.807, 2.05) is 24.1 Å². The van der Waals surface area contributed by atoms with Crippen LogP contribution in [0.4, 0.5) is 0 Å². The third kappa shape index (κ3) is 4.01. The van der Waals surface area contributed by atoms with Gasteiger partial charge in [0.25, 0.3) is 0 Å². The molecule has 1 N–H and O–H groups in total. The number of amides is 1. The number of carbonyl (C=O) groups excluding carboxylic acids is 1. The Morgan fingerprint density at radius 2 is 2.11 bits per heavy atom. The van der Waals surface area contributed by atoms with Gasteiger partial charge < -0.3 is 15.1 Å². The Balaban J connectivity index is 1.74. The quantitative estimate of drug-likeness (QED) is 0.845. The van der Waals surface area contributed by atoms with Crippen molar-refractivity contribution in [2.45, 2.75) is 13.5 Å². The molecule has 0 unspecified atom stereocenters. The summed E-state index contributed by atoms with van der Waals surface area (Å²) in [4.78, 5) is 20.3. The fraction of sp³-hybridized carbons (Fsp3) is 0.571. The second-order valence-corrected chi connectivity index (χ2v) is 5.09. The monoisotopic (exact) mass is 262 g/mol. The zero-order valence-electron chi connectivity index (χ0n) is 11.7. The Labute approximate surface area is 114 Å². The summed E-state index contributed by atoms with van der Waals surface area (Å²) >= 11 is 0. The van der Waals surface area contributed by atoms with E-state index >= 15 is 0 Å². The number of piperazine rings is 1. The van der Waals surface area contributed by atoms with Crippen LogP contribution in [0.5, 0.6) is 0 Å². The van der Waals surface area contributed by atoms with Crippen molar-refractivity contribution in [3.8, 4) is 0 Å². The topological polar surface area (TPSA) is 48.5 Å². The molecule has 1 aromatic rings. The molecule has 5 nitrogen and oxygen atoms in total. The first-order chi connectivity index (χ1) is 9.16. The number of nitrogens with one attached hydrogen (secondary N) is 1. The zero-order valence-corrected chi connectivity index (χ0v) is 11.7. The molecule has 2 heterocycles. The van der Waals surface area contributed by atoms with Gasteiger partial charge in [0.15, 0.2) is 0 Å². The molecule has 1 amide bonds. The maximum absolute atomic E-state index is 12.0. The van der Waals surface area contributed by atoms with Crippen molar-refractivity contribution < 1.29 is 4.79 Å². The Morgan fingerprint density at radius 3 is 2.79 bits per heavy atom. The molecule has 1 fully saturated rings. The van der Waals surface area contributed by atoms with Crippen LogP contribution in [0.3, 0.4) is 0 Å². The Hall–Kier alpha value is -1.46. The highest BCUT2D eigenvalue weighted by molar-refractivity contribution is 5.78. The molecule has 0 atom stereocenters. The van der Waals surface area contributed by atoms with Crippen molar-refractivity contribution in [3.05, 3.63) is 29.6 Å². The number of carbonyl (C=O) groups is 1. The van der Waals surface area contributed by atoms with E-state index in [1.54, 1.807) is 6.20 Å². The van der Waals surface area contributed by atoms with Crippen LogP contribution in [-0.2, 0) is 11.3 Å². The number of nitrogens with zero attached hydrogens (tertiary/aromatic N) is 3. The number of pyridine rings is 1. The van der Waals surface area contributed by atoms with Gasteiger partial charge in [0, 0.05) is 45.1 Å². The minimum absolute atomic E-state index is 0.194. The van der Waals surface area contributed by atoms with Crippen molar-refractivity contribution in [3.63, 3.8) is 0 Å². The van der Waals surface area contributed by atoms with Gasteiger partial charge in [-0.2, -0.15) is 0 Å². The zero-order chi connectivity index (χ0) is 13.7. The van der Waals surface area contributed by atoms with Crippen LogP contribution in [-0.4, -0.2) is 60.5 Å². The van der Waals surface area contributed by atoms with Gasteiger partial charge >= 0.3 is 0 Å². The largest absolute Gasteiger partial charge is 0.339 e. The second-order valence-electron chi connectivity index (χ2n) is 5.09. The van der Waals surface area contributed by atoms with E-state index in [0.717, 1.165) is 31.7 Å². The van der Waals surface area contributed by atoms with E-state index in [1.165, 1.54) is 5.56 Å². The Morgan fingerprint density at radius 1 is 1.37 bits per heavy atom. The molecule has 0 saturated carbocycles. The van der Waals surface area contributed by atoms with E-state index in [-0.39, 0.29) is 5.91 Å². The molecule has 1 aliphatic heterocycles. The highest BCUT2D eigenvalue weighted by atomic mass is 16.2. The van der Waals surface area contributed by atoms with Gasteiger partial charge in [-0.3, -0.25) is 9.78 Å². The molecule has 0 spiro atoms. The number of hydrogen-bond acceptors (Lipinski definition) is 4. The van der Waals surface area contributed by atoms with Gasteiger partial charge in [0.1, 0.15) is 0 Å². The highest BCUT2D eigenvalue weighted by Crippen LogP contribution is 2.04. The summed E-state index contributed by atoms with van der Waals surface area (Å²) < 4.78 is 0. The Bertz CT molecular complexity index is 427. The van der Waals surface area contributed by atoms with Gasteiger partial charge in [-0.1, -0.05) is 0 Å². The molecule has 0 bridgehead atoms. The van der Waals surface area contributed by atoms with Gasteiger partial charge in [-0.15, -0.1) is 0 Å². The van der Waals surface area contributed by atoms with E-state index < -0.39 is 0 Å². The fourth-order valence-corrected chi connectivity index (χ4v) is 2.17. The lowest BCUT2D eigenvalue weighted by molar-refractivity contribution is -0.131.